The summed E-state index contributed by atoms with van der Waals surface area (Å²) >= 11 is 0. The van der Waals surface area contributed by atoms with Crippen LogP contribution in [0.25, 0.3) is 11.4 Å². The van der Waals surface area contributed by atoms with E-state index in [1.165, 1.54) is 19.4 Å². The standard InChI is InChI=1S/C23H27N5O4/c1-7-18(29)32-20-17(31-6)8-9-24-19(20)23(30)25-15(4)21-26-22(28(5)27-21)16-11-13(2)10-14(3)12-16/h8-12,15H,7H2,1-6H3,(H,25,30)/t15-/m0/s1. The highest BCUT2D eigenvalue weighted by Gasteiger charge is 2.24. The molecule has 1 N–H and O–H groups in total. The van der Waals surface area contributed by atoms with E-state index in [1.807, 2.05) is 33.0 Å². The summed E-state index contributed by atoms with van der Waals surface area (Å²) in [5.74, 6) is 0.345. The fourth-order valence-corrected chi connectivity index (χ4v) is 3.31. The Labute approximate surface area is 186 Å². The Morgan fingerprint density at radius 2 is 1.88 bits per heavy atom. The van der Waals surface area contributed by atoms with Gasteiger partial charge < -0.3 is 14.8 Å². The van der Waals surface area contributed by atoms with Crippen molar-refractivity contribution >= 4 is 11.9 Å². The van der Waals surface area contributed by atoms with Crippen molar-refractivity contribution in [1.82, 2.24) is 25.1 Å². The summed E-state index contributed by atoms with van der Waals surface area (Å²) in [7, 11) is 3.24. The second-order valence-corrected chi connectivity index (χ2v) is 7.51. The predicted octanol–water partition coefficient (Wildman–Crippen LogP) is 3.31. The van der Waals surface area contributed by atoms with Gasteiger partial charge in [0.2, 0.25) is 5.75 Å². The molecule has 0 saturated carbocycles. The molecule has 32 heavy (non-hydrogen) atoms. The number of amides is 1. The summed E-state index contributed by atoms with van der Waals surface area (Å²) in [5.41, 5.74) is 3.15. The van der Waals surface area contributed by atoms with Crippen molar-refractivity contribution in [2.75, 3.05) is 7.11 Å². The largest absolute Gasteiger partial charge is 0.493 e. The van der Waals surface area contributed by atoms with Crippen molar-refractivity contribution in [3.8, 4) is 22.9 Å². The van der Waals surface area contributed by atoms with Gasteiger partial charge in [0, 0.05) is 31.3 Å². The second-order valence-electron chi connectivity index (χ2n) is 7.51. The van der Waals surface area contributed by atoms with Crippen molar-refractivity contribution in [1.29, 1.82) is 0 Å². The van der Waals surface area contributed by atoms with Gasteiger partial charge in [-0.3, -0.25) is 9.59 Å². The third kappa shape index (κ3) is 4.93. The lowest BCUT2D eigenvalue weighted by molar-refractivity contribution is -0.134. The molecule has 0 saturated heterocycles. The SMILES string of the molecule is CCC(=O)Oc1c(OC)ccnc1C(=O)N[C@@H](C)c1nc(-c2cc(C)cc(C)c2)n(C)n1. The third-order valence-corrected chi connectivity index (χ3v) is 4.80. The fraction of sp³-hybridized carbons (Fsp3) is 0.348. The van der Waals surface area contributed by atoms with E-state index in [0.717, 1.165) is 16.7 Å². The van der Waals surface area contributed by atoms with Crippen molar-refractivity contribution in [3.05, 3.63) is 53.1 Å². The van der Waals surface area contributed by atoms with Crippen molar-refractivity contribution in [3.63, 3.8) is 0 Å². The third-order valence-electron chi connectivity index (χ3n) is 4.80. The van der Waals surface area contributed by atoms with Gasteiger partial charge in [-0.25, -0.2) is 14.6 Å². The summed E-state index contributed by atoms with van der Waals surface area (Å²) in [6, 6.07) is 7.18. The molecule has 0 radical (unpaired) electrons. The minimum absolute atomic E-state index is 0.0172. The van der Waals surface area contributed by atoms with Crippen LogP contribution < -0.4 is 14.8 Å². The lowest BCUT2D eigenvalue weighted by Gasteiger charge is -2.14. The minimum Gasteiger partial charge on any atom is -0.493 e. The zero-order chi connectivity index (χ0) is 23.4. The van der Waals surface area contributed by atoms with E-state index in [-0.39, 0.29) is 23.6 Å². The number of aryl methyl sites for hydroxylation is 3. The van der Waals surface area contributed by atoms with Gasteiger partial charge in [-0.05, 0) is 32.9 Å². The van der Waals surface area contributed by atoms with Gasteiger partial charge in [0.1, 0.15) is 0 Å². The van der Waals surface area contributed by atoms with E-state index in [1.54, 1.807) is 18.5 Å². The highest BCUT2D eigenvalue weighted by atomic mass is 16.6. The van der Waals surface area contributed by atoms with E-state index in [9.17, 15) is 9.59 Å². The van der Waals surface area contributed by atoms with Gasteiger partial charge >= 0.3 is 5.97 Å². The fourth-order valence-electron chi connectivity index (χ4n) is 3.31. The number of carbonyl (C=O) groups is 2. The Morgan fingerprint density at radius 1 is 1.19 bits per heavy atom. The summed E-state index contributed by atoms with van der Waals surface area (Å²) in [5, 5.41) is 7.29. The maximum absolute atomic E-state index is 13.0. The molecule has 3 aromatic rings. The molecular formula is C23H27N5O4. The molecule has 0 aliphatic carbocycles. The Balaban J connectivity index is 1.86. The molecule has 1 amide bonds. The molecule has 1 atom stereocenters. The highest BCUT2D eigenvalue weighted by Crippen LogP contribution is 2.30. The summed E-state index contributed by atoms with van der Waals surface area (Å²) in [6.45, 7) is 7.49. The highest BCUT2D eigenvalue weighted by molar-refractivity contribution is 5.96. The zero-order valence-corrected chi connectivity index (χ0v) is 19.1. The first kappa shape index (κ1) is 22.9. The average Bonchev–Trinajstić information content (AvgIpc) is 3.14. The number of nitrogens with zero attached hydrogens (tertiary/aromatic N) is 4. The minimum atomic E-state index is -0.532. The van der Waals surface area contributed by atoms with Crippen LogP contribution >= 0.6 is 0 Å². The van der Waals surface area contributed by atoms with Gasteiger partial charge in [0.15, 0.2) is 23.1 Å². The quantitative estimate of drug-likeness (QED) is 0.565. The smallest absolute Gasteiger partial charge is 0.311 e. The molecule has 0 fully saturated rings. The number of rotatable bonds is 7. The number of hydrogen-bond donors (Lipinski definition) is 1. The van der Waals surface area contributed by atoms with Gasteiger partial charge in [-0.2, -0.15) is 5.10 Å². The molecule has 2 aromatic heterocycles. The van der Waals surface area contributed by atoms with Crippen LogP contribution in [0.15, 0.2) is 30.5 Å². The monoisotopic (exact) mass is 437 g/mol. The first-order valence-corrected chi connectivity index (χ1v) is 10.3. The first-order valence-electron chi connectivity index (χ1n) is 10.3. The van der Waals surface area contributed by atoms with Crippen molar-refractivity contribution in [2.24, 2.45) is 7.05 Å². The van der Waals surface area contributed by atoms with Crippen LogP contribution in [0.5, 0.6) is 11.5 Å². The molecule has 0 unspecified atom stereocenters. The van der Waals surface area contributed by atoms with Gasteiger partial charge in [0.05, 0.1) is 13.2 Å². The number of ether oxygens (including phenoxy) is 2. The predicted molar refractivity (Wildman–Crippen MR) is 119 cm³/mol. The summed E-state index contributed by atoms with van der Waals surface area (Å²) < 4.78 is 12.2. The van der Waals surface area contributed by atoms with Crippen LogP contribution in [-0.2, 0) is 11.8 Å². The lowest BCUT2D eigenvalue weighted by atomic mass is 10.1. The number of methoxy groups -OCH3 is 1. The molecule has 2 heterocycles. The van der Waals surface area contributed by atoms with Crippen LogP contribution in [0.3, 0.4) is 0 Å². The topological polar surface area (TPSA) is 108 Å². The van der Waals surface area contributed by atoms with E-state index in [2.05, 4.69) is 26.4 Å². The molecule has 0 aliphatic rings. The molecule has 9 heteroatoms. The average molecular weight is 438 g/mol. The van der Waals surface area contributed by atoms with Crippen LogP contribution in [0.1, 0.15) is 53.7 Å². The molecular weight excluding hydrogens is 410 g/mol. The van der Waals surface area contributed by atoms with Gasteiger partial charge in [-0.15, -0.1) is 0 Å². The van der Waals surface area contributed by atoms with E-state index < -0.39 is 17.9 Å². The number of esters is 1. The van der Waals surface area contributed by atoms with E-state index in [4.69, 9.17) is 9.47 Å². The maximum atomic E-state index is 13.0. The van der Waals surface area contributed by atoms with E-state index in [0.29, 0.717) is 11.6 Å². The number of pyridine rings is 1. The molecule has 3 rings (SSSR count). The van der Waals surface area contributed by atoms with Crippen LogP contribution in [-0.4, -0.2) is 38.7 Å². The Kier molecular flexibility index (Phi) is 6.87. The van der Waals surface area contributed by atoms with Crippen LogP contribution in [0.4, 0.5) is 0 Å². The number of nitrogens with one attached hydrogen (secondary N) is 1. The number of benzene rings is 1. The maximum Gasteiger partial charge on any atom is 0.311 e. The molecule has 168 valence electrons. The van der Waals surface area contributed by atoms with E-state index >= 15 is 0 Å². The van der Waals surface area contributed by atoms with Crippen molar-refractivity contribution in [2.45, 2.75) is 40.2 Å². The molecule has 9 nitrogen and oxygen atoms in total. The molecule has 0 spiro atoms. The molecule has 1 aromatic carbocycles. The lowest BCUT2D eigenvalue weighted by Crippen LogP contribution is -2.29. The number of aromatic nitrogens is 4. The zero-order valence-electron chi connectivity index (χ0n) is 19.1. The van der Waals surface area contributed by atoms with Crippen molar-refractivity contribution < 1.29 is 19.1 Å². The molecule has 0 bridgehead atoms. The Morgan fingerprint density at radius 3 is 2.50 bits per heavy atom. The number of carbonyl (C=O) groups excluding carboxylic acids is 2. The van der Waals surface area contributed by atoms with Crippen LogP contribution in [0.2, 0.25) is 0 Å². The number of hydrogen-bond acceptors (Lipinski definition) is 7. The normalized spacial score (nSPS) is 11.7. The first-order chi connectivity index (χ1) is 15.2. The van der Waals surface area contributed by atoms with Crippen LogP contribution in [0, 0.1) is 13.8 Å². The summed E-state index contributed by atoms with van der Waals surface area (Å²) in [4.78, 5) is 33.5. The Bertz CT molecular complexity index is 1140. The molecule has 0 aliphatic heterocycles. The Hall–Kier alpha value is -3.75. The summed E-state index contributed by atoms with van der Waals surface area (Å²) in [6.07, 6.45) is 1.56. The second kappa shape index (κ2) is 9.59. The van der Waals surface area contributed by atoms with Gasteiger partial charge in [0.25, 0.3) is 5.91 Å². The van der Waals surface area contributed by atoms with Gasteiger partial charge in [-0.1, -0.05) is 24.1 Å².